The van der Waals surface area contributed by atoms with Gasteiger partial charge in [0.1, 0.15) is 4.88 Å². The first-order chi connectivity index (χ1) is 7.11. The minimum absolute atomic E-state index is 0.0887. The van der Waals surface area contributed by atoms with E-state index in [-0.39, 0.29) is 11.4 Å². The van der Waals surface area contributed by atoms with Gasteiger partial charge in [0.25, 0.3) is 5.91 Å². The van der Waals surface area contributed by atoms with Crippen LogP contribution in [0.5, 0.6) is 0 Å². The third kappa shape index (κ3) is 3.28. The first kappa shape index (κ1) is 12.1. The van der Waals surface area contributed by atoms with E-state index >= 15 is 0 Å². The summed E-state index contributed by atoms with van der Waals surface area (Å²) in [5, 5.41) is 2.83. The molecular formula is C10H17N3OS. The van der Waals surface area contributed by atoms with Gasteiger partial charge in [-0.05, 0) is 12.8 Å². The molecule has 3 N–H and O–H groups in total. The fourth-order valence-electron chi connectivity index (χ4n) is 1.17. The summed E-state index contributed by atoms with van der Waals surface area (Å²) in [7, 11) is 0. The Hall–Kier alpha value is -0.940. The molecule has 4 nitrogen and oxygen atoms in total. The largest absolute Gasteiger partial charge is 0.349 e. The second-order valence-electron chi connectivity index (χ2n) is 3.62. The zero-order valence-corrected chi connectivity index (χ0v) is 9.93. The van der Waals surface area contributed by atoms with Crippen LogP contribution in [0.15, 0.2) is 11.7 Å². The van der Waals surface area contributed by atoms with E-state index in [1.165, 1.54) is 11.3 Å². The van der Waals surface area contributed by atoms with Crippen LogP contribution in [-0.2, 0) is 0 Å². The van der Waals surface area contributed by atoms with Crippen molar-refractivity contribution in [3.63, 3.8) is 0 Å². The van der Waals surface area contributed by atoms with Crippen molar-refractivity contribution in [3.05, 3.63) is 16.6 Å². The van der Waals surface area contributed by atoms with Gasteiger partial charge in [0.05, 0.1) is 11.7 Å². The molecule has 0 aliphatic rings. The molecule has 0 aliphatic carbocycles. The van der Waals surface area contributed by atoms with E-state index in [0.29, 0.717) is 11.4 Å². The summed E-state index contributed by atoms with van der Waals surface area (Å²) in [4.78, 5) is 16.1. The lowest BCUT2D eigenvalue weighted by atomic mass is 9.94. The van der Waals surface area contributed by atoms with Crippen LogP contribution in [0.1, 0.15) is 36.4 Å². The predicted molar refractivity (Wildman–Crippen MR) is 61.9 cm³/mol. The van der Waals surface area contributed by atoms with Crippen LogP contribution in [0.4, 0.5) is 0 Å². The number of rotatable bonds is 5. The Bertz CT molecular complexity index is 306. The molecule has 5 heteroatoms. The van der Waals surface area contributed by atoms with Crippen molar-refractivity contribution < 1.29 is 4.79 Å². The predicted octanol–water partition coefficient (Wildman–Crippen LogP) is 1.39. The molecule has 0 spiro atoms. The van der Waals surface area contributed by atoms with Crippen molar-refractivity contribution in [1.82, 2.24) is 10.3 Å². The molecule has 0 radical (unpaired) electrons. The van der Waals surface area contributed by atoms with E-state index in [2.05, 4.69) is 10.3 Å². The minimum atomic E-state index is -0.291. The van der Waals surface area contributed by atoms with Crippen LogP contribution >= 0.6 is 11.3 Å². The van der Waals surface area contributed by atoms with Crippen LogP contribution in [0.3, 0.4) is 0 Å². The lowest BCUT2D eigenvalue weighted by Crippen LogP contribution is -2.49. The molecule has 0 aliphatic heterocycles. The first-order valence-corrected chi connectivity index (χ1v) is 5.95. The standard InChI is InChI=1S/C10H17N3OS/c1-3-10(11,4-2)6-13-9(14)8-5-12-7-15-8/h5,7H,3-4,6,11H2,1-2H3,(H,13,14). The molecule has 15 heavy (non-hydrogen) atoms. The van der Waals surface area contributed by atoms with E-state index in [1.807, 2.05) is 13.8 Å². The smallest absolute Gasteiger partial charge is 0.263 e. The average molecular weight is 227 g/mol. The number of hydrogen-bond donors (Lipinski definition) is 2. The minimum Gasteiger partial charge on any atom is -0.349 e. The number of thiazole rings is 1. The third-order valence-electron chi connectivity index (χ3n) is 2.67. The fourth-order valence-corrected chi connectivity index (χ4v) is 1.71. The molecule has 1 heterocycles. The molecule has 0 aromatic carbocycles. The number of nitrogens with two attached hydrogens (primary N) is 1. The van der Waals surface area contributed by atoms with Gasteiger partial charge in [-0.2, -0.15) is 0 Å². The van der Waals surface area contributed by atoms with Gasteiger partial charge in [0.2, 0.25) is 0 Å². The van der Waals surface area contributed by atoms with Crippen LogP contribution in [0.25, 0.3) is 0 Å². The second-order valence-corrected chi connectivity index (χ2v) is 4.50. The normalized spacial score (nSPS) is 11.4. The number of nitrogens with zero attached hydrogens (tertiary/aromatic N) is 1. The Balaban J connectivity index is 2.47. The van der Waals surface area contributed by atoms with Crippen LogP contribution < -0.4 is 11.1 Å². The third-order valence-corrected chi connectivity index (χ3v) is 3.44. The van der Waals surface area contributed by atoms with Crippen molar-refractivity contribution >= 4 is 17.2 Å². The quantitative estimate of drug-likeness (QED) is 0.798. The van der Waals surface area contributed by atoms with Gasteiger partial charge in [0, 0.05) is 12.1 Å². The highest BCUT2D eigenvalue weighted by Crippen LogP contribution is 2.10. The number of aromatic nitrogens is 1. The van der Waals surface area contributed by atoms with E-state index in [9.17, 15) is 4.79 Å². The van der Waals surface area contributed by atoms with Gasteiger partial charge in [-0.25, -0.2) is 0 Å². The molecular weight excluding hydrogens is 210 g/mol. The monoisotopic (exact) mass is 227 g/mol. The van der Waals surface area contributed by atoms with Crippen molar-refractivity contribution in [2.45, 2.75) is 32.2 Å². The van der Waals surface area contributed by atoms with Gasteiger partial charge in [-0.15, -0.1) is 11.3 Å². The van der Waals surface area contributed by atoms with Gasteiger partial charge < -0.3 is 11.1 Å². The van der Waals surface area contributed by atoms with Crippen molar-refractivity contribution in [3.8, 4) is 0 Å². The maximum absolute atomic E-state index is 11.6. The van der Waals surface area contributed by atoms with Gasteiger partial charge in [-0.1, -0.05) is 13.8 Å². The van der Waals surface area contributed by atoms with E-state index in [1.54, 1.807) is 11.7 Å². The number of nitrogens with one attached hydrogen (secondary N) is 1. The summed E-state index contributed by atoms with van der Waals surface area (Å²) >= 11 is 1.33. The molecule has 0 fully saturated rings. The summed E-state index contributed by atoms with van der Waals surface area (Å²) in [6.07, 6.45) is 3.27. The Morgan fingerprint density at radius 1 is 1.60 bits per heavy atom. The van der Waals surface area contributed by atoms with Crippen molar-refractivity contribution in [2.75, 3.05) is 6.54 Å². The Morgan fingerprint density at radius 2 is 2.27 bits per heavy atom. The highest BCUT2D eigenvalue weighted by atomic mass is 32.1. The summed E-state index contributed by atoms with van der Waals surface area (Å²) in [6.45, 7) is 4.57. The van der Waals surface area contributed by atoms with Crippen molar-refractivity contribution in [2.24, 2.45) is 5.73 Å². The highest BCUT2D eigenvalue weighted by molar-refractivity contribution is 7.11. The Kier molecular flexibility index (Phi) is 4.23. The maximum atomic E-state index is 11.6. The molecule has 0 saturated heterocycles. The van der Waals surface area contributed by atoms with Gasteiger partial charge in [-0.3, -0.25) is 9.78 Å². The van der Waals surface area contributed by atoms with Crippen LogP contribution in [-0.4, -0.2) is 23.0 Å². The summed E-state index contributed by atoms with van der Waals surface area (Å²) in [5.74, 6) is -0.0887. The van der Waals surface area contributed by atoms with E-state index in [0.717, 1.165) is 12.8 Å². The Morgan fingerprint density at radius 3 is 2.73 bits per heavy atom. The van der Waals surface area contributed by atoms with Crippen molar-refractivity contribution in [1.29, 1.82) is 0 Å². The Labute approximate surface area is 93.9 Å². The van der Waals surface area contributed by atoms with Crippen LogP contribution in [0.2, 0.25) is 0 Å². The summed E-state index contributed by atoms with van der Waals surface area (Å²) in [5.41, 5.74) is 7.42. The van der Waals surface area contributed by atoms with Gasteiger partial charge >= 0.3 is 0 Å². The van der Waals surface area contributed by atoms with E-state index < -0.39 is 0 Å². The molecule has 0 unspecified atom stereocenters. The van der Waals surface area contributed by atoms with Gasteiger partial charge in [0.15, 0.2) is 0 Å². The number of carbonyl (C=O) groups excluding carboxylic acids is 1. The molecule has 0 atom stereocenters. The van der Waals surface area contributed by atoms with E-state index in [4.69, 9.17) is 5.73 Å². The molecule has 0 bridgehead atoms. The molecule has 1 amide bonds. The molecule has 1 rings (SSSR count). The topological polar surface area (TPSA) is 68.0 Å². The molecule has 0 saturated carbocycles. The zero-order valence-electron chi connectivity index (χ0n) is 9.12. The SMILES string of the molecule is CCC(N)(CC)CNC(=O)c1cncs1. The molecule has 84 valence electrons. The summed E-state index contributed by atoms with van der Waals surface area (Å²) < 4.78 is 0. The highest BCUT2D eigenvalue weighted by Gasteiger charge is 2.21. The molecule has 1 aromatic heterocycles. The number of hydrogen-bond acceptors (Lipinski definition) is 4. The number of carbonyl (C=O) groups is 1. The first-order valence-electron chi connectivity index (χ1n) is 5.07. The maximum Gasteiger partial charge on any atom is 0.263 e. The molecule has 1 aromatic rings. The lowest BCUT2D eigenvalue weighted by molar-refractivity contribution is 0.0946. The zero-order chi connectivity index (χ0) is 11.3. The number of amides is 1. The lowest BCUT2D eigenvalue weighted by Gasteiger charge is -2.26. The summed E-state index contributed by atoms with van der Waals surface area (Å²) in [6, 6.07) is 0. The average Bonchev–Trinajstić information content (AvgIpc) is 2.79. The van der Waals surface area contributed by atoms with Crippen LogP contribution in [0, 0.1) is 0 Å². The fraction of sp³-hybridized carbons (Fsp3) is 0.600. The second kappa shape index (κ2) is 5.23.